The lowest BCUT2D eigenvalue weighted by Gasteiger charge is -2.10. The largest absolute Gasteiger partial charge is 0.495 e. The van der Waals surface area contributed by atoms with Gasteiger partial charge >= 0.3 is 0 Å². The summed E-state index contributed by atoms with van der Waals surface area (Å²) in [5.41, 5.74) is 5.63. The molecule has 0 unspecified atom stereocenters. The van der Waals surface area contributed by atoms with Crippen LogP contribution in [-0.2, 0) is 13.5 Å². The van der Waals surface area contributed by atoms with Gasteiger partial charge in [-0.2, -0.15) is 0 Å². The summed E-state index contributed by atoms with van der Waals surface area (Å²) in [6, 6.07) is 12.0. The first-order valence-corrected chi connectivity index (χ1v) is 8.50. The van der Waals surface area contributed by atoms with Crippen LogP contribution in [0.15, 0.2) is 36.4 Å². The number of carbonyl (C=O) groups is 1. The molecule has 0 bridgehead atoms. The number of nitrogens with one attached hydrogen (secondary N) is 1. The zero-order valence-electron chi connectivity index (χ0n) is 15.4. The maximum absolute atomic E-state index is 13.1. The molecular formula is C21H24N2O2. The van der Waals surface area contributed by atoms with Crippen molar-refractivity contribution < 1.29 is 9.53 Å². The smallest absolute Gasteiger partial charge is 0.258 e. The minimum absolute atomic E-state index is 0.0864. The Kier molecular flexibility index (Phi) is 4.53. The Morgan fingerprint density at radius 1 is 1.20 bits per heavy atom. The Labute approximate surface area is 148 Å². The van der Waals surface area contributed by atoms with Crippen molar-refractivity contribution in [2.24, 2.45) is 7.05 Å². The molecule has 4 heteroatoms. The molecule has 25 heavy (non-hydrogen) atoms. The lowest BCUT2D eigenvalue weighted by Crippen LogP contribution is -2.14. The maximum Gasteiger partial charge on any atom is 0.258 e. The molecule has 0 aliphatic heterocycles. The van der Waals surface area contributed by atoms with Crippen molar-refractivity contribution in [3.05, 3.63) is 58.8 Å². The number of nitrogens with zero attached hydrogens (tertiary/aromatic N) is 1. The summed E-state index contributed by atoms with van der Waals surface area (Å²) in [4.78, 5) is 13.1. The van der Waals surface area contributed by atoms with Crippen LogP contribution in [0.2, 0.25) is 0 Å². The molecule has 1 heterocycles. The van der Waals surface area contributed by atoms with Crippen LogP contribution in [0.3, 0.4) is 0 Å². The molecule has 0 fully saturated rings. The lowest BCUT2D eigenvalue weighted by atomic mass is 10.1. The fraction of sp³-hybridized carbons (Fsp3) is 0.286. The van der Waals surface area contributed by atoms with Gasteiger partial charge in [-0.25, -0.2) is 0 Å². The van der Waals surface area contributed by atoms with Gasteiger partial charge in [-0.3, -0.25) is 4.79 Å². The fourth-order valence-corrected chi connectivity index (χ4v) is 3.39. The van der Waals surface area contributed by atoms with E-state index in [4.69, 9.17) is 4.74 Å². The maximum atomic E-state index is 13.1. The summed E-state index contributed by atoms with van der Waals surface area (Å²) in [5.74, 6) is 0.699. The van der Waals surface area contributed by atoms with Crippen LogP contribution in [-0.4, -0.2) is 17.6 Å². The number of methoxy groups -OCH3 is 1. The van der Waals surface area contributed by atoms with Gasteiger partial charge in [0, 0.05) is 23.8 Å². The molecule has 130 valence electrons. The van der Waals surface area contributed by atoms with E-state index in [-0.39, 0.29) is 5.91 Å². The molecule has 2 aromatic carbocycles. The normalized spacial score (nSPS) is 10.9. The van der Waals surface area contributed by atoms with Gasteiger partial charge in [0.05, 0.1) is 18.2 Å². The Morgan fingerprint density at radius 2 is 1.92 bits per heavy atom. The van der Waals surface area contributed by atoms with Crippen LogP contribution in [0.5, 0.6) is 5.75 Å². The van der Waals surface area contributed by atoms with Crippen molar-refractivity contribution >= 4 is 22.5 Å². The van der Waals surface area contributed by atoms with Gasteiger partial charge in [0.1, 0.15) is 5.75 Å². The van der Waals surface area contributed by atoms with E-state index in [1.165, 1.54) is 0 Å². The van der Waals surface area contributed by atoms with E-state index >= 15 is 0 Å². The van der Waals surface area contributed by atoms with Gasteiger partial charge in [-0.05, 0) is 49.6 Å². The molecule has 1 N–H and O–H groups in total. The van der Waals surface area contributed by atoms with Gasteiger partial charge < -0.3 is 14.6 Å². The number of para-hydroxylation sites is 1. The SMILES string of the molecule is CCc1ccccc1NC(=O)c1c(C)n(C)c2c(OC)cc(C)cc12. The molecule has 0 aliphatic carbocycles. The van der Waals surface area contributed by atoms with Crippen molar-refractivity contribution in [1.29, 1.82) is 0 Å². The number of ether oxygens (including phenoxy) is 1. The molecule has 0 saturated carbocycles. The summed E-state index contributed by atoms with van der Waals surface area (Å²) in [6.45, 7) is 6.07. The molecule has 1 aromatic heterocycles. The summed E-state index contributed by atoms with van der Waals surface area (Å²) >= 11 is 0. The number of benzene rings is 2. The van der Waals surface area contributed by atoms with Crippen LogP contribution in [0.25, 0.3) is 10.9 Å². The Balaban J connectivity index is 2.14. The van der Waals surface area contributed by atoms with E-state index in [1.54, 1.807) is 7.11 Å². The molecule has 4 nitrogen and oxygen atoms in total. The van der Waals surface area contributed by atoms with Crippen molar-refractivity contribution in [2.75, 3.05) is 12.4 Å². The quantitative estimate of drug-likeness (QED) is 0.755. The molecule has 0 atom stereocenters. The van der Waals surface area contributed by atoms with Crippen LogP contribution >= 0.6 is 0 Å². The van der Waals surface area contributed by atoms with Crippen molar-refractivity contribution in [3.63, 3.8) is 0 Å². The highest BCUT2D eigenvalue weighted by molar-refractivity contribution is 6.15. The van der Waals surface area contributed by atoms with Gasteiger partial charge in [0.15, 0.2) is 0 Å². The van der Waals surface area contributed by atoms with E-state index in [0.717, 1.165) is 45.6 Å². The topological polar surface area (TPSA) is 43.3 Å². The number of aryl methyl sites for hydroxylation is 3. The fourth-order valence-electron chi connectivity index (χ4n) is 3.39. The zero-order valence-corrected chi connectivity index (χ0v) is 15.4. The molecular weight excluding hydrogens is 312 g/mol. The third-order valence-corrected chi connectivity index (χ3v) is 4.78. The minimum atomic E-state index is -0.0864. The highest BCUT2D eigenvalue weighted by Gasteiger charge is 2.22. The number of hydrogen-bond acceptors (Lipinski definition) is 2. The van der Waals surface area contributed by atoms with E-state index in [0.29, 0.717) is 5.56 Å². The molecule has 3 rings (SSSR count). The Morgan fingerprint density at radius 3 is 2.60 bits per heavy atom. The second-order valence-electron chi connectivity index (χ2n) is 6.35. The third kappa shape index (κ3) is 2.88. The molecule has 0 radical (unpaired) electrons. The number of rotatable bonds is 4. The monoisotopic (exact) mass is 336 g/mol. The number of hydrogen-bond donors (Lipinski definition) is 1. The van der Waals surface area contributed by atoms with E-state index in [9.17, 15) is 4.79 Å². The summed E-state index contributed by atoms with van der Waals surface area (Å²) in [6.07, 6.45) is 0.873. The Hall–Kier alpha value is -2.75. The first-order valence-electron chi connectivity index (χ1n) is 8.50. The molecule has 3 aromatic rings. The van der Waals surface area contributed by atoms with Crippen LogP contribution in [0.1, 0.15) is 34.1 Å². The van der Waals surface area contributed by atoms with Crippen molar-refractivity contribution in [2.45, 2.75) is 27.2 Å². The summed E-state index contributed by atoms with van der Waals surface area (Å²) < 4.78 is 7.56. The predicted molar refractivity (Wildman–Crippen MR) is 103 cm³/mol. The average molecular weight is 336 g/mol. The molecule has 0 saturated heterocycles. The number of amides is 1. The van der Waals surface area contributed by atoms with Crippen LogP contribution < -0.4 is 10.1 Å². The highest BCUT2D eigenvalue weighted by Crippen LogP contribution is 2.34. The number of anilines is 1. The first-order chi connectivity index (χ1) is 12.0. The van der Waals surface area contributed by atoms with Gasteiger partial charge in [0.2, 0.25) is 0 Å². The second-order valence-corrected chi connectivity index (χ2v) is 6.35. The van der Waals surface area contributed by atoms with Crippen LogP contribution in [0.4, 0.5) is 5.69 Å². The number of carbonyl (C=O) groups excluding carboxylic acids is 1. The predicted octanol–water partition coefficient (Wildman–Crippen LogP) is 4.62. The summed E-state index contributed by atoms with van der Waals surface area (Å²) in [5, 5.41) is 4.01. The number of aromatic nitrogens is 1. The zero-order chi connectivity index (χ0) is 18.1. The highest BCUT2D eigenvalue weighted by atomic mass is 16.5. The summed E-state index contributed by atoms with van der Waals surface area (Å²) in [7, 11) is 3.63. The van der Waals surface area contributed by atoms with Crippen molar-refractivity contribution in [3.8, 4) is 5.75 Å². The van der Waals surface area contributed by atoms with Crippen LogP contribution in [0, 0.1) is 13.8 Å². The number of fused-ring (bicyclic) bond motifs is 1. The minimum Gasteiger partial charge on any atom is -0.495 e. The van der Waals surface area contributed by atoms with Gasteiger partial charge in [-0.15, -0.1) is 0 Å². The van der Waals surface area contributed by atoms with E-state index in [1.807, 2.05) is 61.9 Å². The van der Waals surface area contributed by atoms with E-state index < -0.39 is 0 Å². The molecule has 0 spiro atoms. The lowest BCUT2D eigenvalue weighted by molar-refractivity contribution is 0.102. The standard InChI is InChI=1S/C21H24N2O2/c1-6-15-9-7-8-10-17(15)22-21(24)19-14(3)23(4)20-16(19)11-13(2)12-18(20)25-5/h7-12H,6H2,1-5H3,(H,22,24). The average Bonchev–Trinajstić information content (AvgIpc) is 2.85. The second kappa shape index (κ2) is 6.63. The first kappa shape index (κ1) is 17.1. The third-order valence-electron chi connectivity index (χ3n) is 4.78. The Bertz CT molecular complexity index is 954. The van der Waals surface area contributed by atoms with E-state index in [2.05, 4.69) is 12.2 Å². The van der Waals surface area contributed by atoms with Crippen molar-refractivity contribution in [1.82, 2.24) is 4.57 Å². The molecule has 0 aliphatic rings. The van der Waals surface area contributed by atoms with Gasteiger partial charge in [-0.1, -0.05) is 25.1 Å². The molecule has 1 amide bonds. The van der Waals surface area contributed by atoms with Gasteiger partial charge in [0.25, 0.3) is 5.91 Å².